The molecule has 0 aliphatic rings. The monoisotopic (exact) mass is 267 g/mol. The SMILES string of the molecule is CCCC(C#N)(CCC)C(=O)NCCN(CC)CC. The first-order valence-corrected chi connectivity index (χ1v) is 7.52. The Morgan fingerprint density at radius 1 is 1.16 bits per heavy atom. The lowest BCUT2D eigenvalue weighted by Crippen LogP contribution is -2.43. The van der Waals surface area contributed by atoms with Gasteiger partial charge in [0.1, 0.15) is 5.41 Å². The van der Waals surface area contributed by atoms with Crippen molar-refractivity contribution in [1.82, 2.24) is 10.2 Å². The number of hydrogen-bond acceptors (Lipinski definition) is 3. The van der Waals surface area contributed by atoms with Crippen LogP contribution >= 0.6 is 0 Å². The molecular weight excluding hydrogens is 238 g/mol. The van der Waals surface area contributed by atoms with Crippen molar-refractivity contribution in [2.45, 2.75) is 53.4 Å². The van der Waals surface area contributed by atoms with E-state index in [4.69, 9.17) is 0 Å². The number of nitrogens with zero attached hydrogens (tertiary/aromatic N) is 2. The maximum atomic E-state index is 12.3. The first-order chi connectivity index (χ1) is 9.10. The van der Waals surface area contributed by atoms with E-state index >= 15 is 0 Å². The van der Waals surface area contributed by atoms with Gasteiger partial charge in [0.05, 0.1) is 6.07 Å². The summed E-state index contributed by atoms with van der Waals surface area (Å²) in [4.78, 5) is 14.5. The van der Waals surface area contributed by atoms with E-state index in [0.29, 0.717) is 19.4 Å². The van der Waals surface area contributed by atoms with E-state index in [9.17, 15) is 10.1 Å². The molecule has 0 heterocycles. The molecule has 4 heteroatoms. The van der Waals surface area contributed by atoms with Crippen molar-refractivity contribution in [3.05, 3.63) is 0 Å². The fraction of sp³-hybridized carbons (Fsp3) is 0.867. The Balaban J connectivity index is 4.45. The van der Waals surface area contributed by atoms with Gasteiger partial charge in [-0.25, -0.2) is 0 Å². The predicted octanol–water partition coefficient (Wildman–Crippen LogP) is 2.55. The van der Waals surface area contributed by atoms with Gasteiger partial charge in [-0.05, 0) is 25.9 Å². The third kappa shape index (κ3) is 5.61. The van der Waals surface area contributed by atoms with Crippen LogP contribution in [0, 0.1) is 16.7 Å². The molecule has 1 amide bonds. The van der Waals surface area contributed by atoms with E-state index in [1.807, 2.05) is 13.8 Å². The van der Waals surface area contributed by atoms with E-state index in [1.54, 1.807) is 0 Å². The highest BCUT2D eigenvalue weighted by Crippen LogP contribution is 2.29. The summed E-state index contributed by atoms with van der Waals surface area (Å²) in [6.07, 6.45) is 3.01. The maximum Gasteiger partial charge on any atom is 0.240 e. The molecule has 19 heavy (non-hydrogen) atoms. The Bertz CT molecular complexity index is 286. The molecule has 0 spiro atoms. The molecule has 4 nitrogen and oxygen atoms in total. The van der Waals surface area contributed by atoms with Gasteiger partial charge in [-0.3, -0.25) is 4.79 Å². The Morgan fingerprint density at radius 2 is 1.68 bits per heavy atom. The fourth-order valence-electron chi connectivity index (χ4n) is 2.40. The number of amides is 1. The largest absolute Gasteiger partial charge is 0.353 e. The van der Waals surface area contributed by atoms with Gasteiger partial charge in [0.25, 0.3) is 0 Å². The Labute approximate surface area is 118 Å². The number of nitriles is 1. The number of hydrogen-bond donors (Lipinski definition) is 1. The molecule has 0 aliphatic heterocycles. The van der Waals surface area contributed by atoms with Crippen molar-refractivity contribution >= 4 is 5.91 Å². The van der Waals surface area contributed by atoms with Gasteiger partial charge < -0.3 is 10.2 Å². The van der Waals surface area contributed by atoms with Crippen LogP contribution in [0.2, 0.25) is 0 Å². The molecule has 0 aromatic rings. The van der Waals surface area contributed by atoms with Gasteiger partial charge >= 0.3 is 0 Å². The highest BCUT2D eigenvalue weighted by molar-refractivity contribution is 5.85. The van der Waals surface area contributed by atoms with Crippen LogP contribution in [0.5, 0.6) is 0 Å². The van der Waals surface area contributed by atoms with Crippen LogP contribution in [0.3, 0.4) is 0 Å². The Kier molecular flexibility index (Phi) is 9.24. The van der Waals surface area contributed by atoms with Gasteiger partial charge in [0, 0.05) is 13.1 Å². The number of rotatable bonds is 10. The molecule has 0 fully saturated rings. The van der Waals surface area contributed by atoms with Gasteiger partial charge in [-0.15, -0.1) is 0 Å². The second kappa shape index (κ2) is 9.80. The number of carbonyl (C=O) groups is 1. The van der Waals surface area contributed by atoms with E-state index in [-0.39, 0.29) is 5.91 Å². The molecule has 0 saturated heterocycles. The molecule has 0 aliphatic carbocycles. The normalized spacial score (nSPS) is 11.4. The standard InChI is InChI=1S/C15H29N3O/c1-5-9-15(13-16,10-6-2)14(19)17-11-12-18(7-3)8-4/h5-12H2,1-4H3,(H,17,19). The van der Waals surface area contributed by atoms with Crippen molar-refractivity contribution in [3.8, 4) is 6.07 Å². The fourth-order valence-corrected chi connectivity index (χ4v) is 2.40. The zero-order valence-corrected chi connectivity index (χ0v) is 13.0. The van der Waals surface area contributed by atoms with Crippen LogP contribution in [-0.2, 0) is 4.79 Å². The molecule has 110 valence electrons. The highest BCUT2D eigenvalue weighted by Gasteiger charge is 2.36. The number of nitrogens with one attached hydrogen (secondary N) is 1. The van der Waals surface area contributed by atoms with Crippen LogP contribution in [0.15, 0.2) is 0 Å². The molecule has 0 aromatic carbocycles. The van der Waals surface area contributed by atoms with Crippen LogP contribution in [0.1, 0.15) is 53.4 Å². The van der Waals surface area contributed by atoms with Crippen molar-refractivity contribution in [2.24, 2.45) is 5.41 Å². The molecule has 0 aromatic heterocycles. The number of carbonyl (C=O) groups excluding carboxylic acids is 1. The van der Waals surface area contributed by atoms with Gasteiger partial charge in [0.2, 0.25) is 5.91 Å². The smallest absolute Gasteiger partial charge is 0.240 e. The lowest BCUT2D eigenvalue weighted by atomic mass is 9.80. The molecule has 0 rings (SSSR count). The molecule has 0 unspecified atom stereocenters. The Hall–Kier alpha value is -1.08. The van der Waals surface area contributed by atoms with Crippen LogP contribution in [-0.4, -0.2) is 37.0 Å². The van der Waals surface area contributed by atoms with Crippen molar-refractivity contribution in [3.63, 3.8) is 0 Å². The molecular formula is C15H29N3O. The minimum absolute atomic E-state index is 0.0918. The summed E-state index contributed by atoms with van der Waals surface area (Å²) in [5, 5.41) is 12.3. The second-order valence-electron chi connectivity index (χ2n) is 4.98. The topological polar surface area (TPSA) is 56.1 Å². The minimum atomic E-state index is -0.827. The third-order valence-corrected chi connectivity index (χ3v) is 3.61. The van der Waals surface area contributed by atoms with Gasteiger partial charge in [0.15, 0.2) is 0 Å². The third-order valence-electron chi connectivity index (χ3n) is 3.61. The first kappa shape index (κ1) is 17.9. The summed E-state index contributed by atoms with van der Waals surface area (Å²) >= 11 is 0. The predicted molar refractivity (Wildman–Crippen MR) is 78.7 cm³/mol. The van der Waals surface area contributed by atoms with Gasteiger partial charge in [-0.2, -0.15) is 5.26 Å². The lowest BCUT2D eigenvalue weighted by molar-refractivity contribution is -0.129. The average Bonchev–Trinajstić information content (AvgIpc) is 2.43. The van der Waals surface area contributed by atoms with E-state index < -0.39 is 5.41 Å². The molecule has 1 N–H and O–H groups in total. The maximum absolute atomic E-state index is 12.3. The van der Waals surface area contributed by atoms with Crippen molar-refractivity contribution < 1.29 is 4.79 Å². The summed E-state index contributed by atoms with van der Waals surface area (Å²) < 4.78 is 0. The van der Waals surface area contributed by atoms with E-state index in [0.717, 1.165) is 32.5 Å². The first-order valence-electron chi connectivity index (χ1n) is 7.52. The highest BCUT2D eigenvalue weighted by atomic mass is 16.2. The van der Waals surface area contributed by atoms with Crippen molar-refractivity contribution in [1.29, 1.82) is 5.26 Å². The summed E-state index contributed by atoms with van der Waals surface area (Å²) in [7, 11) is 0. The van der Waals surface area contributed by atoms with E-state index in [2.05, 4.69) is 30.1 Å². The van der Waals surface area contributed by atoms with Crippen LogP contribution < -0.4 is 5.32 Å². The molecule has 0 atom stereocenters. The molecule has 0 saturated carbocycles. The van der Waals surface area contributed by atoms with Gasteiger partial charge in [-0.1, -0.05) is 40.5 Å². The zero-order chi connectivity index (χ0) is 14.7. The average molecular weight is 267 g/mol. The van der Waals surface area contributed by atoms with Crippen molar-refractivity contribution in [2.75, 3.05) is 26.2 Å². The Morgan fingerprint density at radius 3 is 2.05 bits per heavy atom. The summed E-state index contributed by atoms with van der Waals surface area (Å²) in [5.74, 6) is -0.0918. The van der Waals surface area contributed by atoms with Crippen LogP contribution in [0.4, 0.5) is 0 Å². The summed E-state index contributed by atoms with van der Waals surface area (Å²) in [5.41, 5.74) is -0.827. The number of likely N-dealkylation sites (N-methyl/N-ethyl adjacent to an activating group) is 1. The molecule has 0 radical (unpaired) electrons. The zero-order valence-electron chi connectivity index (χ0n) is 13.0. The summed E-state index contributed by atoms with van der Waals surface area (Å²) in [6, 6.07) is 2.26. The molecule has 0 bridgehead atoms. The lowest BCUT2D eigenvalue weighted by Gasteiger charge is -2.25. The van der Waals surface area contributed by atoms with Crippen LogP contribution in [0.25, 0.3) is 0 Å². The quantitative estimate of drug-likeness (QED) is 0.662. The minimum Gasteiger partial charge on any atom is -0.353 e. The van der Waals surface area contributed by atoms with E-state index in [1.165, 1.54) is 0 Å². The second-order valence-corrected chi connectivity index (χ2v) is 4.98. The summed E-state index contributed by atoms with van der Waals surface area (Å²) in [6.45, 7) is 11.7.